The van der Waals surface area contributed by atoms with Crippen molar-refractivity contribution >= 4 is 11.6 Å². The highest BCUT2D eigenvalue weighted by Gasteiger charge is 2.31. The molecule has 0 saturated heterocycles. The van der Waals surface area contributed by atoms with Gasteiger partial charge in [0.2, 0.25) is 0 Å². The van der Waals surface area contributed by atoms with Crippen LogP contribution >= 0.6 is 11.6 Å². The maximum Gasteiger partial charge on any atom is 0.573 e. The Kier molecular flexibility index (Phi) is 4.20. The van der Waals surface area contributed by atoms with Gasteiger partial charge in [0.1, 0.15) is 5.75 Å². The summed E-state index contributed by atoms with van der Waals surface area (Å²) < 4.78 is 40.0. The van der Waals surface area contributed by atoms with E-state index in [1.807, 2.05) is 0 Å². The Bertz CT molecular complexity index is 594. The lowest BCUT2D eigenvalue weighted by atomic mass is 10.00. The lowest BCUT2D eigenvalue weighted by Gasteiger charge is -2.12. The fraction of sp³-hybridized carbons (Fsp3) is 0.143. The predicted molar refractivity (Wildman–Crippen MR) is 69.5 cm³/mol. The SMILES string of the molecule is OCc1cccc(Cl)c1-c1ccc(OC(F)(F)F)cc1. The van der Waals surface area contributed by atoms with Gasteiger partial charge in [0.15, 0.2) is 0 Å². The van der Waals surface area contributed by atoms with Crippen LogP contribution in [0.1, 0.15) is 5.56 Å². The van der Waals surface area contributed by atoms with E-state index in [-0.39, 0.29) is 12.4 Å². The van der Waals surface area contributed by atoms with Gasteiger partial charge in [-0.1, -0.05) is 35.9 Å². The molecule has 0 unspecified atom stereocenters. The fourth-order valence-corrected chi connectivity index (χ4v) is 2.15. The lowest BCUT2D eigenvalue weighted by Crippen LogP contribution is -2.16. The summed E-state index contributed by atoms with van der Waals surface area (Å²) in [7, 11) is 0. The number of halogens is 4. The van der Waals surface area contributed by atoms with Crippen molar-refractivity contribution in [3.8, 4) is 16.9 Å². The molecule has 0 aromatic heterocycles. The number of aliphatic hydroxyl groups excluding tert-OH is 1. The molecule has 106 valence electrons. The van der Waals surface area contributed by atoms with E-state index in [0.717, 1.165) is 0 Å². The second-order valence-corrected chi connectivity index (χ2v) is 4.41. The maximum absolute atomic E-state index is 12.1. The molecule has 0 aliphatic rings. The summed E-state index contributed by atoms with van der Waals surface area (Å²) in [6.45, 7) is -0.212. The molecule has 0 fully saturated rings. The van der Waals surface area contributed by atoms with Crippen LogP contribution < -0.4 is 4.74 Å². The molecule has 0 heterocycles. The number of aliphatic hydroxyl groups is 1. The summed E-state index contributed by atoms with van der Waals surface area (Å²) in [5.74, 6) is -0.307. The molecule has 0 radical (unpaired) electrons. The molecule has 2 aromatic rings. The Morgan fingerprint density at radius 3 is 2.25 bits per heavy atom. The maximum atomic E-state index is 12.1. The van der Waals surface area contributed by atoms with Gasteiger partial charge >= 0.3 is 6.36 Å². The van der Waals surface area contributed by atoms with Crippen LogP contribution in [-0.2, 0) is 6.61 Å². The molecule has 0 aliphatic heterocycles. The summed E-state index contributed by atoms with van der Waals surface area (Å²) in [6, 6.07) is 10.4. The summed E-state index contributed by atoms with van der Waals surface area (Å²) in [5.41, 5.74) is 1.80. The van der Waals surface area contributed by atoms with Crippen molar-refractivity contribution in [2.45, 2.75) is 13.0 Å². The van der Waals surface area contributed by atoms with Crippen molar-refractivity contribution < 1.29 is 23.0 Å². The van der Waals surface area contributed by atoms with E-state index in [1.165, 1.54) is 24.3 Å². The number of ether oxygens (including phenoxy) is 1. The highest BCUT2D eigenvalue weighted by Crippen LogP contribution is 2.33. The van der Waals surface area contributed by atoms with Crippen molar-refractivity contribution in [2.75, 3.05) is 0 Å². The molecule has 6 heteroatoms. The van der Waals surface area contributed by atoms with Crippen LogP contribution in [0.3, 0.4) is 0 Å². The Morgan fingerprint density at radius 2 is 1.70 bits per heavy atom. The molecule has 0 spiro atoms. The van der Waals surface area contributed by atoms with Gasteiger partial charge < -0.3 is 9.84 Å². The third-order valence-electron chi connectivity index (χ3n) is 2.65. The quantitative estimate of drug-likeness (QED) is 0.910. The first-order chi connectivity index (χ1) is 9.40. The molecular formula is C14H10ClF3O2. The minimum atomic E-state index is -4.72. The Balaban J connectivity index is 2.36. The van der Waals surface area contributed by atoms with Gasteiger partial charge in [-0.05, 0) is 29.3 Å². The van der Waals surface area contributed by atoms with Crippen LogP contribution in [0, 0.1) is 0 Å². The van der Waals surface area contributed by atoms with Crippen LogP contribution in [0.2, 0.25) is 5.02 Å². The van der Waals surface area contributed by atoms with Gasteiger partial charge in [0.05, 0.1) is 6.61 Å². The van der Waals surface area contributed by atoms with Gasteiger partial charge in [0, 0.05) is 10.6 Å². The highest BCUT2D eigenvalue weighted by molar-refractivity contribution is 6.33. The van der Waals surface area contributed by atoms with Crippen molar-refractivity contribution in [3.63, 3.8) is 0 Å². The van der Waals surface area contributed by atoms with E-state index in [4.69, 9.17) is 11.6 Å². The fourth-order valence-electron chi connectivity index (χ4n) is 1.85. The van der Waals surface area contributed by atoms with E-state index in [1.54, 1.807) is 18.2 Å². The van der Waals surface area contributed by atoms with E-state index in [9.17, 15) is 18.3 Å². The molecule has 20 heavy (non-hydrogen) atoms. The van der Waals surface area contributed by atoms with Crippen molar-refractivity contribution in [3.05, 3.63) is 53.1 Å². The second kappa shape index (κ2) is 5.73. The predicted octanol–water partition coefficient (Wildman–Crippen LogP) is 4.40. The van der Waals surface area contributed by atoms with Crippen LogP contribution in [0.15, 0.2) is 42.5 Å². The molecule has 2 nitrogen and oxygen atoms in total. The Hall–Kier alpha value is -1.72. The average molecular weight is 303 g/mol. The van der Waals surface area contributed by atoms with Gasteiger partial charge in [-0.2, -0.15) is 0 Å². The molecule has 0 amide bonds. The first kappa shape index (κ1) is 14.7. The molecule has 1 N–H and O–H groups in total. The van der Waals surface area contributed by atoms with E-state index in [0.29, 0.717) is 21.7 Å². The van der Waals surface area contributed by atoms with Gasteiger partial charge in [-0.25, -0.2) is 0 Å². The van der Waals surface area contributed by atoms with E-state index in [2.05, 4.69) is 4.74 Å². The topological polar surface area (TPSA) is 29.5 Å². The monoisotopic (exact) mass is 302 g/mol. The first-order valence-electron chi connectivity index (χ1n) is 5.65. The minimum absolute atomic E-state index is 0.212. The molecule has 0 aliphatic carbocycles. The smallest absolute Gasteiger partial charge is 0.406 e. The Labute approximate surface area is 118 Å². The van der Waals surface area contributed by atoms with Crippen LogP contribution in [0.5, 0.6) is 5.75 Å². The zero-order chi connectivity index (χ0) is 14.8. The third kappa shape index (κ3) is 3.43. The van der Waals surface area contributed by atoms with Crippen molar-refractivity contribution in [2.24, 2.45) is 0 Å². The minimum Gasteiger partial charge on any atom is -0.406 e. The first-order valence-corrected chi connectivity index (χ1v) is 6.03. The summed E-state index contributed by atoms with van der Waals surface area (Å²) in [4.78, 5) is 0. The molecule has 2 rings (SSSR count). The standard InChI is InChI=1S/C14H10ClF3O2/c15-12-3-1-2-10(8-19)13(12)9-4-6-11(7-5-9)20-14(16,17)18/h1-7,19H,8H2. The Morgan fingerprint density at radius 1 is 1.05 bits per heavy atom. The van der Waals surface area contributed by atoms with Crippen LogP contribution in [0.4, 0.5) is 13.2 Å². The molecule has 0 atom stereocenters. The van der Waals surface area contributed by atoms with Gasteiger partial charge in [-0.15, -0.1) is 13.2 Å². The largest absolute Gasteiger partial charge is 0.573 e. The second-order valence-electron chi connectivity index (χ2n) is 4.00. The number of hydrogen-bond donors (Lipinski definition) is 1. The highest BCUT2D eigenvalue weighted by atomic mass is 35.5. The molecular weight excluding hydrogens is 293 g/mol. The van der Waals surface area contributed by atoms with E-state index >= 15 is 0 Å². The van der Waals surface area contributed by atoms with Crippen molar-refractivity contribution in [1.29, 1.82) is 0 Å². The number of benzene rings is 2. The molecule has 0 bridgehead atoms. The average Bonchev–Trinajstić information content (AvgIpc) is 2.38. The van der Waals surface area contributed by atoms with Gasteiger partial charge in [-0.3, -0.25) is 0 Å². The normalized spacial score (nSPS) is 11.4. The van der Waals surface area contributed by atoms with Crippen LogP contribution in [0.25, 0.3) is 11.1 Å². The third-order valence-corrected chi connectivity index (χ3v) is 2.96. The van der Waals surface area contributed by atoms with Gasteiger partial charge in [0.25, 0.3) is 0 Å². The van der Waals surface area contributed by atoms with Crippen molar-refractivity contribution in [1.82, 2.24) is 0 Å². The number of rotatable bonds is 3. The van der Waals surface area contributed by atoms with Crippen LogP contribution in [-0.4, -0.2) is 11.5 Å². The number of alkyl halides is 3. The van der Waals surface area contributed by atoms with E-state index < -0.39 is 6.36 Å². The summed E-state index contributed by atoms with van der Waals surface area (Å²) in [6.07, 6.45) is -4.72. The molecule has 2 aromatic carbocycles. The molecule has 0 saturated carbocycles. The summed E-state index contributed by atoms with van der Waals surface area (Å²) >= 11 is 6.07. The zero-order valence-corrected chi connectivity index (χ0v) is 10.9. The summed E-state index contributed by atoms with van der Waals surface area (Å²) in [5, 5.41) is 9.70. The zero-order valence-electron chi connectivity index (χ0n) is 10.1. The lowest BCUT2D eigenvalue weighted by molar-refractivity contribution is -0.274. The number of hydrogen-bond acceptors (Lipinski definition) is 2.